The summed E-state index contributed by atoms with van der Waals surface area (Å²) in [7, 11) is 1.91. The Morgan fingerprint density at radius 1 is 1.08 bits per heavy atom. The Morgan fingerprint density at radius 3 is 2.42 bits per heavy atom. The third-order valence-corrected chi connectivity index (χ3v) is 3.83. The molecular formula is C19H20N4O. The maximum absolute atomic E-state index is 12.4. The fourth-order valence-electron chi connectivity index (χ4n) is 2.53. The van der Waals surface area contributed by atoms with E-state index in [-0.39, 0.29) is 12.1 Å². The number of hydrogen-bond donors (Lipinski definition) is 2. The predicted octanol–water partition coefficient (Wildman–Crippen LogP) is 3.64. The van der Waals surface area contributed by atoms with Crippen LogP contribution >= 0.6 is 0 Å². The van der Waals surface area contributed by atoms with Gasteiger partial charge in [0, 0.05) is 25.1 Å². The summed E-state index contributed by atoms with van der Waals surface area (Å²) >= 11 is 0. The molecule has 122 valence electrons. The number of anilines is 1. The fraction of sp³-hybridized carbons (Fsp3) is 0.158. The summed E-state index contributed by atoms with van der Waals surface area (Å²) in [5, 5.41) is 5.87. The third kappa shape index (κ3) is 3.63. The van der Waals surface area contributed by atoms with Crippen molar-refractivity contribution in [3.05, 3.63) is 83.9 Å². The molecule has 0 aliphatic carbocycles. The molecule has 5 nitrogen and oxygen atoms in total. The number of nitrogens with one attached hydrogen (secondary N) is 2. The molecule has 3 aromatic rings. The molecule has 0 fully saturated rings. The molecule has 2 aromatic carbocycles. The van der Waals surface area contributed by atoms with Crippen molar-refractivity contribution < 1.29 is 4.79 Å². The largest absolute Gasteiger partial charge is 0.336 e. The van der Waals surface area contributed by atoms with Crippen LogP contribution in [0, 0.1) is 6.92 Å². The van der Waals surface area contributed by atoms with E-state index >= 15 is 0 Å². The lowest BCUT2D eigenvalue weighted by Gasteiger charge is -2.19. The lowest BCUT2D eigenvalue weighted by Crippen LogP contribution is -2.34. The summed E-state index contributed by atoms with van der Waals surface area (Å²) in [6, 6.07) is 16.9. The second-order valence-electron chi connectivity index (χ2n) is 5.70. The first-order chi connectivity index (χ1) is 11.6. The van der Waals surface area contributed by atoms with Crippen LogP contribution in [0.2, 0.25) is 0 Å². The summed E-state index contributed by atoms with van der Waals surface area (Å²) in [5.41, 5.74) is 2.88. The van der Waals surface area contributed by atoms with Gasteiger partial charge in [-0.2, -0.15) is 0 Å². The van der Waals surface area contributed by atoms with Crippen molar-refractivity contribution in [3.8, 4) is 0 Å². The Kier molecular flexibility index (Phi) is 4.61. The van der Waals surface area contributed by atoms with Crippen LogP contribution in [0.5, 0.6) is 0 Å². The lowest BCUT2D eigenvalue weighted by molar-refractivity contribution is 0.249. The predicted molar refractivity (Wildman–Crippen MR) is 94.8 cm³/mol. The van der Waals surface area contributed by atoms with Gasteiger partial charge in [0.15, 0.2) is 0 Å². The molecule has 0 bridgehead atoms. The molecule has 1 unspecified atom stereocenters. The van der Waals surface area contributed by atoms with Gasteiger partial charge in [0.05, 0.1) is 0 Å². The van der Waals surface area contributed by atoms with Gasteiger partial charge in [0.25, 0.3) is 0 Å². The van der Waals surface area contributed by atoms with Crippen molar-refractivity contribution in [3.63, 3.8) is 0 Å². The molecule has 5 heteroatoms. The van der Waals surface area contributed by atoms with Crippen molar-refractivity contribution in [2.45, 2.75) is 13.0 Å². The number of carbonyl (C=O) groups is 1. The fourth-order valence-corrected chi connectivity index (χ4v) is 2.53. The van der Waals surface area contributed by atoms with Crippen LogP contribution in [0.4, 0.5) is 10.5 Å². The standard InChI is InChI=1S/C19H20N4O/c1-14-8-10-16(11-9-14)21-19(24)22-17(15-6-4-3-5-7-15)18-20-12-13-23(18)2/h3-13,17H,1-2H3,(H2,21,22,24). The van der Waals surface area contributed by atoms with Crippen molar-refractivity contribution in [2.24, 2.45) is 7.05 Å². The highest BCUT2D eigenvalue weighted by Crippen LogP contribution is 2.20. The topological polar surface area (TPSA) is 59.0 Å². The first-order valence-corrected chi connectivity index (χ1v) is 7.80. The molecule has 0 saturated carbocycles. The first-order valence-electron chi connectivity index (χ1n) is 7.80. The number of carbonyl (C=O) groups excluding carboxylic acids is 1. The van der Waals surface area contributed by atoms with Gasteiger partial charge in [-0.15, -0.1) is 0 Å². The van der Waals surface area contributed by atoms with Crippen LogP contribution in [0.3, 0.4) is 0 Å². The van der Waals surface area contributed by atoms with E-state index < -0.39 is 0 Å². The average molecular weight is 320 g/mol. The molecule has 0 spiro atoms. The SMILES string of the molecule is Cc1ccc(NC(=O)NC(c2ccccc2)c2nccn2C)cc1. The second kappa shape index (κ2) is 7.00. The molecule has 0 aliphatic rings. The van der Waals surface area contributed by atoms with Crippen LogP contribution in [0.1, 0.15) is 23.0 Å². The number of rotatable bonds is 4. The van der Waals surface area contributed by atoms with E-state index in [9.17, 15) is 4.79 Å². The highest BCUT2D eigenvalue weighted by Gasteiger charge is 2.20. The van der Waals surface area contributed by atoms with Crippen molar-refractivity contribution in [2.75, 3.05) is 5.32 Å². The van der Waals surface area contributed by atoms with Crippen LogP contribution < -0.4 is 10.6 Å². The molecule has 1 aromatic heterocycles. The van der Waals surface area contributed by atoms with E-state index in [0.717, 1.165) is 22.6 Å². The maximum atomic E-state index is 12.4. The Labute approximate surface area is 141 Å². The zero-order valence-corrected chi connectivity index (χ0v) is 13.7. The van der Waals surface area contributed by atoms with E-state index in [4.69, 9.17) is 0 Å². The highest BCUT2D eigenvalue weighted by molar-refractivity contribution is 5.89. The number of hydrogen-bond acceptors (Lipinski definition) is 2. The zero-order valence-electron chi connectivity index (χ0n) is 13.7. The van der Waals surface area contributed by atoms with Gasteiger partial charge in [-0.1, -0.05) is 48.0 Å². The number of amides is 2. The molecule has 0 radical (unpaired) electrons. The average Bonchev–Trinajstić information content (AvgIpc) is 3.01. The molecule has 0 aliphatic heterocycles. The van der Waals surface area contributed by atoms with Gasteiger partial charge in [-0.3, -0.25) is 0 Å². The lowest BCUT2D eigenvalue weighted by atomic mass is 10.1. The number of imidazole rings is 1. The summed E-state index contributed by atoms with van der Waals surface area (Å²) in [4.78, 5) is 16.8. The van der Waals surface area contributed by atoms with E-state index in [1.54, 1.807) is 6.20 Å². The van der Waals surface area contributed by atoms with Gasteiger partial charge in [-0.05, 0) is 24.6 Å². The quantitative estimate of drug-likeness (QED) is 0.771. The molecule has 24 heavy (non-hydrogen) atoms. The number of benzene rings is 2. The molecular weight excluding hydrogens is 300 g/mol. The number of urea groups is 1. The van der Waals surface area contributed by atoms with Crippen LogP contribution in [0.25, 0.3) is 0 Å². The summed E-state index contributed by atoms with van der Waals surface area (Å²) in [5.74, 6) is 0.778. The maximum Gasteiger partial charge on any atom is 0.320 e. The van der Waals surface area contributed by atoms with Gasteiger partial charge < -0.3 is 15.2 Å². The molecule has 0 saturated heterocycles. The molecule has 2 amide bonds. The number of aromatic nitrogens is 2. The molecule has 1 heterocycles. The minimum Gasteiger partial charge on any atom is -0.336 e. The van der Waals surface area contributed by atoms with Crippen molar-refractivity contribution in [1.82, 2.24) is 14.9 Å². The Hall–Kier alpha value is -3.08. The summed E-state index contributed by atoms with van der Waals surface area (Å²) < 4.78 is 1.91. The van der Waals surface area contributed by atoms with E-state index in [1.807, 2.05) is 79.3 Å². The Bertz CT molecular complexity index is 809. The van der Waals surface area contributed by atoms with E-state index in [2.05, 4.69) is 15.6 Å². The third-order valence-electron chi connectivity index (χ3n) is 3.83. The van der Waals surface area contributed by atoms with E-state index in [0.29, 0.717) is 0 Å². The van der Waals surface area contributed by atoms with Crippen molar-refractivity contribution in [1.29, 1.82) is 0 Å². The van der Waals surface area contributed by atoms with Gasteiger partial charge in [0.1, 0.15) is 11.9 Å². The monoisotopic (exact) mass is 320 g/mol. The normalized spacial score (nSPS) is 11.8. The van der Waals surface area contributed by atoms with Gasteiger partial charge in [-0.25, -0.2) is 9.78 Å². The molecule has 3 rings (SSSR count). The highest BCUT2D eigenvalue weighted by atomic mass is 16.2. The van der Waals surface area contributed by atoms with Gasteiger partial charge >= 0.3 is 6.03 Å². The Morgan fingerprint density at radius 2 is 1.79 bits per heavy atom. The minimum absolute atomic E-state index is 0.268. The smallest absolute Gasteiger partial charge is 0.320 e. The first kappa shape index (κ1) is 15.8. The van der Waals surface area contributed by atoms with Crippen LogP contribution in [-0.2, 0) is 7.05 Å². The summed E-state index contributed by atoms with van der Waals surface area (Å²) in [6.45, 7) is 2.01. The molecule has 2 N–H and O–H groups in total. The Balaban J connectivity index is 1.80. The zero-order chi connectivity index (χ0) is 16.9. The van der Waals surface area contributed by atoms with Crippen LogP contribution in [-0.4, -0.2) is 15.6 Å². The molecule has 1 atom stereocenters. The minimum atomic E-state index is -0.323. The van der Waals surface area contributed by atoms with Gasteiger partial charge in [0.2, 0.25) is 0 Å². The second-order valence-corrected chi connectivity index (χ2v) is 5.70. The number of nitrogens with zero attached hydrogens (tertiary/aromatic N) is 2. The summed E-state index contributed by atoms with van der Waals surface area (Å²) in [6.07, 6.45) is 3.59. The van der Waals surface area contributed by atoms with E-state index in [1.165, 1.54) is 0 Å². The van der Waals surface area contributed by atoms with Crippen molar-refractivity contribution >= 4 is 11.7 Å². The van der Waals surface area contributed by atoms with Crippen LogP contribution in [0.15, 0.2) is 67.0 Å². The number of aryl methyl sites for hydroxylation is 2.